The monoisotopic (exact) mass is 439 g/mol. The van der Waals surface area contributed by atoms with E-state index in [2.05, 4.69) is 10.0 Å². The number of amides is 1. The fraction of sp³-hybridized carbons (Fsp3) is 0.217. The average Bonchev–Trinajstić information content (AvgIpc) is 2.74. The predicted molar refractivity (Wildman–Crippen MR) is 120 cm³/mol. The molecule has 1 atom stereocenters. The molecule has 1 amide bonds. The molecule has 0 radical (unpaired) electrons. The van der Waals surface area contributed by atoms with E-state index in [1.165, 1.54) is 22.8 Å². The van der Waals surface area contributed by atoms with Crippen LogP contribution in [0.25, 0.3) is 0 Å². The molecule has 0 aliphatic heterocycles. The van der Waals surface area contributed by atoms with Crippen LogP contribution >= 0.6 is 0 Å². The summed E-state index contributed by atoms with van der Waals surface area (Å²) in [6.07, 6.45) is 0. The minimum absolute atomic E-state index is 0.0547. The van der Waals surface area contributed by atoms with Crippen LogP contribution in [0.2, 0.25) is 0 Å². The van der Waals surface area contributed by atoms with Gasteiger partial charge in [-0.25, -0.2) is 8.42 Å². The fourth-order valence-electron chi connectivity index (χ4n) is 3.12. The zero-order valence-electron chi connectivity index (χ0n) is 17.6. The predicted octanol–water partition coefficient (Wildman–Crippen LogP) is 3.14. The summed E-state index contributed by atoms with van der Waals surface area (Å²) in [4.78, 5) is 25.5. The van der Waals surface area contributed by atoms with Crippen LogP contribution < -0.4 is 15.6 Å². The lowest BCUT2D eigenvalue weighted by Gasteiger charge is -2.17. The second kappa shape index (κ2) is 9.18. The SMILES string of the molecule is Cc1ccc(S(=O)(=O)Nc2ccc(C)n(CC(=O)NC(C)c3ccccc3)c2=O)cc1. The highest BCUT2D eigenvalue weighted by Gasteiger charge is 2.18. The largest absolute Gasteiger partial charge is 0.348 e. The third kappa shape index (κ3) is 5.40. The minimum atomic E-state index is -3.93. The van der Waals surface area contributed by atoms with Crippen molar-refractivity contribution >= 4 is 21.6 Å². The van der Waals surface area contributed by atoms with Gasteiger partial charge < -0.3 is 9.88 Å². The van der Waals surface area contributed by atoms with Crippen LogP contribution in [0.1, 0.15) is 29.8 Å². The fourth-order valence-corrected chi connectivity index (χ4v) is 4.18. The van der Waals surface area contributed by atoms with Crippen LogP contribution in [0.3, 0.4) is 0 Å². The van der Waals surface area contributed by atoms with Gasteiger partial charge in [0.2, 0.25) is 5.91 Å². The van der Waals surface area contributed by atoms with Gasteiger partial charge in [-0.2, -0.15) is 0 Å². The first-order chi connectivity index (χ1) is 14.7. The lowest BCUT2D eigenvalue weighted by Crippen LogP contribution is -2.35. The lowest BCUT2D eigenvalue weighted by atomic mass is 10.1. The van der Waals surface area contributed by atoms with Crippen molar-refractivity contribution in [3.63, 3.8) is 0 Å². The molecule has 0 saturated heterocycles. The van der Waals surface area contributed by atoms with E-state index in [9.17, 15) is 18.0 Å². The van der Waals surface area contributed by atoms with Crippen LogP contribution in [0.5, 0.6) is 0 Å². The van der Waals surface area contributed by atoms with Crippen molar-refractivity contribution in [1.29, 1.82) is 0 Å². The molecule has 31 heavy (non-hydrogen) atoms. The Bertz CT molecular complexity index is 1230. The number of sulfonamides is 1. The van der Waals surface area contributed by atoms with E-state index >= 15 is 0 Å². The Labute approximate surface area is 181 Å². The van der Waals surface area contributed by atoms with Crippen molar-refractivity contribution in [3.05, 3.63) is 93.9 Å². The summed E-state index contributed by atoms with van der Waals surface area (Å²) in [5, 5.41) is 2.86. The van der Waals surface area contributed by atoms with E-state index in [1.54, 1.807) is 25.1 Å². The Balaban J connectivity index is 1.80. The van der Waals surface area contributed by atoms with Crippen molar-refractivity contribution in [1.82, 2.24) is 9.88 Å². The van der Waals surface area contributed by atoms with Gasteiger partial charge in [-0.15, -0.1) is 0 Å². The number of rotatable bonds is 7. The maximum Gasteiger partial charge on any atom is 0.275 e. The first kappa shape index (κ1) is 22.3. The zero-order valence-corrected chi connectivity index (χ0v) is 18.4. The number of carbonyl (C=O) groups excluding carboxylic acids is 1. The van der Waals surface area contributed by atoms with E-state index in [0.717, 1.165) is 11.1 Å². The molecule has 7 nitrogen and oxygen atoms in total. The number of aryl methyl sites for hydroxylation is 2. The molecule has 0 aliphatic rings. The molecular formula is C23H25N3O4S. The van der Waals surface area contributed by atoms with Gasteiger partial charge in [0.25, 0.3) is 15.6 Å². The summed E-state index contributed by atoms with van der Waals surface area (Å²) in [7, 11) is -3.93. The van der Waals surface area contributed by atoms with E-state index in [-0.39, 0.29) is 29.1 Å². The topological polar surface area (TPSA) is 97.3 Å². The number of aromatic nitrogens is 1. The molecule has 162 valence electrons. The van der Waals surface area contributed by atoms with Crippen LogP contribution in [-0.2, 0) is 21.4 Å². The summed E-state index contributed by atoms with van der Waals surface area (Å²) < 4.78 is 28.9. The molecular weight excluding hydrogens is 414 g/mol. The number of hydrogen-bond acceptors (Lipinski definition) is 4. The molecule has 1 unspecified atom stereocenters. The van der Waals surface area contributed by atoms with Crippen LogP contribution in [0.15, 0.2) is 76.4 Å². The van der Waals surface area contributed by atoms with Crippen molar-refractivity contribution < 1.29 is 13.2 Å². The molecule has 0 fully saturated rings. The smallest absolute Gasteiger partial charge is 0.275 e. The van der Waals surface area contributed by atoms with Gasteiger partial charge in [-0.05, 0) is 50.6 Å². The summed E-state index contributed by atoms with van der Waals surface area (Å²) >= 11 is 0. The molecule has 8 heteroatoms. The molecule has 0 spiro atoms. The van der Waals surface area contributed by atoms with Gasteiger partial charge in [0, 0.05) is 5.69 Å². The Morgan fingerprint density at radius 1 is 0.968 bits per heavy atom. The zero-order chi connectivity index (χ0) is 22.6. The maximum absolute atomic E-state index is 12.9. The first-order valence-corrected chi connectivity index (χ1v) is 11.3. The van der Waals surface area contributed by atoms with Gasteiger partial charge in [-0.3, -0.25) is 14.3 Å². The molecule has 3 rings (SSSR count). The van der Waals surface area contributed by atoms with Crippen molar-refractivity contribution in [2.24, 2.45) is 0 Å². The Morgan fingerprint density at radius 2 is 1.61 bits per heavy atom. The number of nitrogens with one attached hydrogen (secondary N) is 2. The molecule has 0 aliphatic carbocycles. The highest BCUT2D eigenvalue weighted by Crippen LogP contribution is 2.15. The van der Waals surface area contributed by atoms with Gasteiger partial charge in [-0.1, -0.05) is 48.0 Å². The molecule has 1 aromatic heterocycles. The maximum atomic E-state index is 12.9. The highest BCUT2D eigenvalue weighted by molar-refractivity contribution is 7.92. The van der Waals surface area contributed by atoms with E-state index < -0.39 is 15.6 Å². The van der Waals surface area contributed by atoms with Crippen LogP contribution in [0, 0.1) is 13.8 Å². The number of benzene rings is 2. The molecule has 0 bridgehead atoms. The standard InChI is InChI=1S/C23H25N3O4S/c1-16-9-12-20(13-10-16)31(29,30)25-21-14-11-17(2)26(23(21)28)15-22(27)24-18(3)19-7-5-4-6-8-19/h4-14,18,25H,15H2,1-3H3,(H,24,27). The van der Waals surface area contributed by atoms with E-state index in [4.69, 9.17) is 0 Å². The summed E-state index contributed by atoms with van der Waals surface area (Å²) in [5.74, 6) is -0.347. The molecule has 2 aromatic carbocycles. The number of carbonyl (C=O) groups is 1. The van der Waals surface area contributed by atoms with Crippen molar-refractivity contribution in [3.8, 4) is 0 Å². The number of pyridine rings is 1. The van der Waals surface area contributed by atoms with Gasteiger partial charge >= 0.3 is 0 Å². The Kier molecular flexibility index (Phi) is 6.60. The average molecular weight is 440 g/mol. The number of hydrogen-bond donors (Lipinski definition) is 2. The van der Waals surface area contributed by atoms with Crippen LogP contribution in [0.4, 0.5) is 5.69 Å². The second-order valence-corrected chi connectivity index (χ2v) is 9.08. The first-order valence-electron chi connectivity index (χ1n) is 9.81. The Hall–Kier alpha value is -3.39. The summed E-state index contributed by atoms with van der Waals surface area (Å²) in [6, 6.07) is 18.6. The van der Waals surface area contributed by atoms with Gasteiger partial charge in [0.1, 0.15) is 12.2 Å². The Morgan fingerprint density at radius 3 is 2.26 bits per heavy atom. The second-order valence-electron chi connectivity index (χ2n) is 7.40. The summed E-state index contributed by atoms with van der Waals surface area (Å²) in [6.45, 7) is 5.18. The third-order valence-corrected chi connectivity index (χ3v) is 6.33. The number of nitrogens with zero attached hydrogens (tertiary/aromatic N) is 1. The van der Waals surface area contributed by atoms with Crippen LogP contribution in [-0.4, -0.2) is 18.9 Å². The molecule has 2 N–H and O–H groups in total. The van der Waals surface area contributed by atoms with Gasteiger partial charge in [0.15, 0.2) is 0 Å². The third-order valence-electron chi connectivity index (χ3n) is 4.95. The quantitative estimate of drug-likeness (QED) is 0.591. The molecule has 1 heterocycles. The minimum Gasteiger partial charge on any atom is -0.348 e. The summed E-state index contributed by atoms with van der Waals surface area (Å²) in [5.41, 5.74) is 1.71. The highest BCUT2D eigenvalue weighted by atomic mass is 32.2. The molecule has 0 saturated carbocycles. The normalized spacial score (nSPS) is 12.2. The lowest BCUT2D eigenvalue weighted by molar-refractivity contribution is -0.122. The van der Waals surface area contributed by atoms with Gasteiger partial charge in [0.05, 0.1) is 10.9 Å². The van der Waals surface area contributed by atoms with E-state index in [1.807, 2.05) is 44.2 Å². The van der Waals surface area contributed by atoms with E-state index in [0.29, 0.717) is 5.69 Å². The molecule has 3 aromatic rings. The van der Waals surface area contributed by atoms with Crippen molar-refractivity contribution in [2.75, 3.05) is 4.72 Å². The number of anilines is 1. The van der Waals surface area contributed by atoms with Crippen molar-refractivity contribution in [2.45, 2.75) is 38.3 Å².